The first kappa shape index (κ1) is 7.97. The van der Waals surface area contributed by atoms with Crippen LogP contribution in [-0.2, 0) is 0 Å². The highest BCUT2D eigenvalue weighted by atomic mass is 15.4. The van der Waals surface area contributed by atoms with Gasteiger partial charge in [0, 0.05) is 11.5 Å². The maximum atomic E-state index is 4.52. The third-order valence-electron chi connectivity index (χ3n) is 2.89. The number of rotatable bonds is 1. The molecule has 0 radical (unpaired) electrons. The molecule has 0 bridgehead atoms. The Balaban J connectivity index is 2.29. The molecule has 0 N–H and O–H groups in total. The monoisotopic (exact) mass is 187 g/mol. The highest BCUT2D eigenvalue weighted by molar-refractivity contribution is 5.57. The van der Waals surface area contributed by atoms with E-state index in [4.69, 9.17) is 0 Å². The molecule has 1 fully saturated rings. The van der Waals surface area contributed by atoms with Crippen LogP contribution in [0.15, 0.2) is 12.3 Å². The first-order valence-electron chi connectivity index (χ1n) is 5.08. The molecule has 0 saturated heterocycles. The summed E-state index contributed by atoms with van der Waals surface area (Å²) in [6.45, 7) is 4.22. The Bertz CT molecular complexity index is 494. The summed E-state index contributed by atoms with van der Waals surface area (Å²) in [5.41, 5.74) is 4.92. The van der Waals surface area contributed by atoms with Gasteiger partial charge >= 0.3 is 0 Å². The maximum absolute atomic E-state index is 4.52. The first-order chi connectivity index (χ1) is 6.75. The Kier molecular flexibility index (Phi) is 1.46. The zero-order chi connectivity index (χ0) is 9.71. The quantitative estimate of drug-likeness (QED) is 0.685. The van der Waals surface area contributed by atoms with Gasteiger partial charge in [0.2, 0.25) is 0 Å². The van der Waals surface area contributed by atoms with Crippen molar-refractivity contribution in [3.8, 4) is 0 Å². The maximum Gasteiger partial charge on any atom is 0.0907 e. The molecule has 0 aliphatic heterocycles. The predicted octanol–water partition coefficient (Wildman–Crippen LogP) is 2.22. The van der Waals surface area contributed by atoms with Gasteiger partial charge in [0.1, 0.15) is 0 Å². The minimum atomic E-state index is 0.706. The molecule has 2 aromatic heterocycles. The lowest BCUT2D eigenvalue weighted by Crippen LogP contribution is -1.93. The van der Waals surface area contributed by atoms with Gasteiger partial charge < -0.3 is 0 Å². The third kappa shape index (κ3) is 1.05. The van der Waals surface area contributed by atoms with Crippen molar-refractivity contribution in [3.63, 3.8) is 0 Å². The molecule has 1 aliphatic rings. The van der Waals surface area contributed by atoms with Gasteiger partial charge in [-0.05, 0) is 38.3 Å². The zero-order valence-corrected chi connectivity index (χ0v) is 8.49. The van der Waals surface area contributed by atoms with E-state index >= 15 is 0 Å². The smallest absolute Gasteiger partial charge is 0.0907 e. The van der Waals surface area contributed by atoms with Crippen molar-refractivity contribution in [1.82, 2.24) is 14.8 Å². The number of aromatic nitrogens is 3. The van der Waals surface area contributed by atoms with Crippen molar-refractivity contribution < 1.29 is 0 Å². The van der Waals surface area contributed by atoms with Gasteiger partial charge in [0.15, 0.2) is 0 Å². The first-order valence-corrected chi connectivity index (χ1v) is 5.08. The van der Waals surface area contributed by atoms with E-state index in [-0.39, 0.29) is 0 Å². The molecule has 14 heavy (non-hydrogen) atoms. The van der Waals surface area contributed by atoms with Gasteiger partial charge in [0.05, 0.1) is 17.4 Å². The molecule has 0 aromatic carbocycles. The Hall–Kier alpha value is -1.38. The average molecular weight is 187 g/mol. The summed E-state index contributed by atoms with van der Waals surface area (Å²) in [6.07, 6.45) is 4.45. The van der Waals surface area contributed by atoms with Crippen molar-refractivity contribution in [1.29, 1.82) is 0 Å². The number of nitrogens with zero attached hydrogens (tertiary/aromatic N) is 3. The van der Waals surface area contributed by atoms with Crippen LogP contribution in [0.2, 0.25) is 0 Å². The molecular weight excluding hydrogens is 174 g/mol. The lowest BCUT2D eigenvalue weighted by Gasteiger charge is -1.93. The van der Waals surface area contributed by atoms with Crippen LogP contribution >= 0.6 is 0 Å². The van der Waals surface area contributed by atoms with E-state index in [2.05, 4.69) is 30.1 Å². The molecule has 0 amide bonds. The number of fused-ring (bicyclic) bond motifs is 1. The highest BCUT2D eigenvalue weighted by Gasteiger charge is 2.28. The fraction of sp³-hybridized carbons (Fsp3) is 0.455. The summed E-state index contributed by atoms with van der Waals surface area (Å²) in [5, 5.41) is 8.80. The molecule has 0 spiro atoms. The molecule has 1 aliphatic carbocycles. The van der Waals surface area contributed by atoms with Gasteiger partial charge in [-0.25, -0.2) is 0 Å². The van der Waals surface area contributed by atoms with Crippen LogP contribution in [-0.4, -0.2) is 14.8 Å². The van der Waals surface area contributed by atoms with E-state index in [9.17, 15) is 0 Å². The summed E-state index contributed by atoms with van der Waals surface area (Å²) >= 11 is 0. The summed E-state index contributed by atoms with van der Waals surface area (Å²) in [6, 6.07) is 2.15. The van der Waals surface area contributed by atoms with E-state index < -0.39 is 0 Å². The highest BCUT2D eigenvalue weighted by Crippen LogP contribution is 2.41. The second-order valence-electron chi connectivity index (χ2n) is 4.19. The Labute approximate surface area is 82.7 Å². The number of hydrogen-bond acceptors (Lipinski definition) is 2. The molecule has 0 atom stereocenters. The molecule has 3 heteroatoms. The van der Waals surface area contributed by atoms with Crippen molar-refractivity contribution in [3.05, 3.63) is 29.1 Å². The summed E-state index contributed by atoms with van der Waals surface area (Å²) in [5.74, 6) is 0.706. The SMILES string of the molecule is Cc1cnn2nc(C3CC3)c(C)c2c1. The lowest BCUT2D eigenvalue weighted by atomic mass is 10.1. The summed E-state index contributed by atoms with van der Waals surface area (Å²) in [7, 11) is 0. The lowest BCUT2D eigenvalue weighted by molar-refractivity contribution is 0.769. The van der Waals surface area contributed by atoms with E-state index in [1.807, 2.05) is 6.20 Å². The molecule has 1 saturated carbocycles. The van der Waals surface area contributed by atoms with Crippen molar-refractivity contribution >= 4 is 5.52 Å². The second-order valence-corrected chi connectivity index (χ2v) is 4.19. The van der Waals surface area contributed by atoms with E-state index in [0.717, 1.165) is 5.52 Å². The largest absolute Gasteiger partial charge is 0.158 e. The van der Waals surface area contributed by atoms with Crippen LogP contribution in [0.1, 0.15) is 35.6 Å². The molecule has 2 heterocycles. The topological polar surface area (TPSA) is 30.2 Å². The van der Waals surface area contributed by atoms with E-state index in [1.165, 1.54) is 29.7 Å². The second kappa shape index (κ2) is 2.56. The van der Waals surface area contributed by atoms with E-state index in [1.54, 1.807) is 4.63 Å². The normalized spacial score (nSPS) is 16.4. The average Bonchev–Trinajstić information content (AvgIpc) is 2.95. The number of hydrogen-bond donors (Lipinski definition) is 0. The Morgan fingerprint density at radius 2 is 2.14 bits per heavy atom. The van der Waals surface area contributed by atoms with Crippen LogP contribution in [0.5, 0.6) is 0 Å². The van der Waals surface area contributed by atoms with Gasteiger partial charge in [-0.2, -0.15) is 14.8 Å². The van der Waals surface area contributed by atoms with Crippen molar-refractivity contribution in [2.24, 2.45) is 0 Å². The standard InChI is InChI=1S/C11H13N3/c1-7-5-10-8(2)11(9-3-4-9)13-14(10)12-6-7/h5-6,9H,3-4H2,1-2H3. The third-order valence-corrected chi connectivity index (χ3v) is 2.89. The predicted molar refractivity (Wildman–Crippen MR) is 54.4 cm³/mol. The fourth-order valence-corrected chi connectivity index (χ4v) is 1.91. The van der Waals surface area contributed by atoms with Crippen LogP contribution in [0.3, 0.4) is 0 Å². The van der Waals surface area contributed by atoms with Crippen LogP contribution in [0.4, 0.5) is 0 Å². The van der Waals surface area contributed by atoms with E-state index in [0.29, 0.717) is 5.92 Å². The molecule has 3 nitrogen and oxygen atoms in total. The summed E-state index contributed by atoms with van der Waals surface area (Å²) in [4.78, 5) is 0. The van der Waals surface area contributed by atoms with Crippen LogP contribution in [0, 0.1) is 13.8 Å². The van der Waals surface area contributed by atoms with Crippen molar-refractivity contribution in [2.75, 3.05) is 0 Å². The van der Waals surface area contributed by atoms with Gasteiger partial charge in [-0.1, -0.05) is 0 Å². The molecule has 2 aromatic rings. The van der Waals surface area contributed by atoms with Gasteiger partial charge in [-0.3, -0.25) is 0 Å². The van der Waals surface area contributed by atoms with Gasteiger partial charge in [-0.15, -0.1) is 0 Å². The molecule has 72 valence electrons. The zero-order valence-electron chi connectivity index (χ0n) is 8.49. The summed E-state index contributed by atoms with van der Waals surface area (Å²) < 4.78 is 1.76. The van der Waals surface area contributed by atoms with Crippen molar-refractivity contribution in [2.45, 2.75) is 32.6 Å². The van der Waals surface area contributed by atoms with Gasteiger partial charge in [0.25, 0.3) is 0 Å². The fourth-order valence-electron chi connectivity index (χ4n) is 1.91. The van der Waals surface area contributed by atoms with Crippen LogP contribution < -0.4 is 0 Å². The Morgan fingerprint density at radius 1 is 1.36 bits per heavy atom. The van der Waals surface area contributed by atoms with Crippen LogP contribution in [0.25, 0.3) is 5.52 Å². The minimum absolute atomic E-state index is 0.706. The molecular formula is C11H13N3. The molecule has 3 rings (SSSR count). The minimum Gasteiger partial charge on any atom is -0.158 e. The Morgan fingerprint density at radius 3 is 2.86 bits per heavy atom. The molecule has 0 unspecified atom stereocenters. The number of aryl methyl sites for hydroxylation is 2.